The number of rotatable bonds is 2. The van der Waals surface area contributed by atoms with E-state index in [9.17, 15) is 5.11 Å². The topological polar surface area (TPSA) is 79.1 Å². The maximum absolute atomic E-state index is 10.8. The molecule has 4 aromatic rings. The molecule has 0 spiro atoms. The minimum atomic E-state index is 0.181. The van der Waals surface area contributed by atoms with Crippen molar-refractivity contribution < 1.29 is 5.11 Å². The van der Waals surface area contributed by atoms with Gasteiger partial charge in [0.15, 0.2) is 5.82 Å². The van der Waals surface area contributed by atoms with Gasteiger partial charge in [0.25, 0.3) is 0 Å². The van der Waals surface area contributed by atoms with Crippen molar-refractivity contribution in [3.05, 3.63) is 42.2 Å². The summed E-state index contributed by atoms with van der Waals surface area (Å²) in [6.07, 6.45) is 3.78. The molecule has 2 unspecified atom stereocenters. The van der Waals surface area contributed by atoms with Crippen LogP contribution < -0.4 is 10.2 Å². The summed E-state index contributed by atoms with van der Waals surface area (Å²) in [5.41, 5.74) is 4.22. The Balaban J connectivity index is 1.55. The molecule has 0 saturated carbocycles. The van der Waals surface area contributed by atoms with E-state index in [1.54, 1.807) is 4.68 Å². The summed E-state index contributed by atoms with van der Waals surface area (Å²) >= 11 is 0. The van der Waals surface area contributed by atoms with E-state index in [0.717, 1.165) is 40.5 Å². The summed E-state index contributed by atoms with van der Waals surface area (Å²) in [5, 5.41) is 20.7. The average molecular weight is 403 g/mol. The SMILES string of the molecule is Cc1c(O)c(-c2ncc3cc(N4CC(C)NC(C)C4)ccc3n2)cc2cn(C)nc12. The molecule has 0 radical (unpaired) electrons. The fourth-order valence-corrected chi connectivity index (χ4v) is 4.50. The summed E-state index contributed by atoms with van der Waals surface area (Å²) in [4.78, 5) is 11.7. The highest BCUT2D eigenvalue weighted by molar-refractivity contribution is 5.91. The van der Waals surface area contributed by atoms with E-state index in [-0.39, 0.29) is 5.75 Å². The van der Waals surface area contributed by atoms with Gasteiger partial charge in [0.05, 0.1) is 16.6 Å². The maximum Gasteiger partial charge on any atom is 0.163 e. The molecule has 0 amide bonds. The van der Waals surface area contributed by atoms with Crippen LogP contribution in [0, 0.1) is 6.92 Å². The molecule has 1 fully saturated rings. The second kappa shape index (κ2) is 6.95. The minimum Gasteiger partial charge on any atom is -0.507 e. The van der Waals surface area contributed by atoms with Gasteiger partial charge >= 0.3 is 0 Å². The number of aromatic nitrogens is 4. The summed E-state index contributed by atoms with van der Waals surface area (Å²) in [6, 6.07) is 9.13. The van der Waals surface area contributed by atoms with Crippen LogP contribution >= 0.6 is 0 Å². The Labute approximate surface area is 175 Å². The molecule has 154 valence electrons. The van der Waals surface area contributed by atoms with Gasteiger partial charge in [-0.2, -0.15) is 5.10 Å². The first-order chi connectivity index (χ1) is 14.4. The third-order valence-electron chi connectivity index (χ3n) is 5.85. The number of hydrogen-bond acceptors (Lipinski definition) is 6. The Morgan fingerprint density at radius 3 is 2.63 bits per heavy atom. The van der Waals surface area contributed by atoms with E-state index < -0.39 is 0 Å². The fourth-order valence-electron chi connectivity index (χ4n) is 4.50. The maximum atomic E-state index is 10.8. The number of aromatic hydroxyl groups is 1. The lowest BCUT2D eigenvalue weighted by molar-refractivity contribution is 0.407. The zero-order valence-corrected chi connectivity index (χ0v) is 17.7. The van der Waals surface area contributed by atoms with Gasteiger partial charge in [0.2, 0.25) is 0 Å². The number of nitrogens with zero attached hydrogens (tertiary/aromatic N) is 5. The van der Waals surface area contributed by atoms with Gasteiger partial charge in [0, 0.05) is 66.6 Å². The van der Waals surface area contributed by atoms with E-state index in [4.69, 9.17) is 4.98 Å². The average Bonchev–Trinajstić information content (AvgIpc) is 3.10. The molecule has 2 aromatic carbocycles. The van der Waals surface area contributed by atoms with Crippen LogP contribution in [-0.4, -0.2) is 50.0 Å². The fraction of sp³-hybridized carbons (Fsp3) is 0.348. The number of phenols is 1. The molecule has 0 bridgehead atoms. The molecule has 2 N–H and O–H groups in total. The van der Waals surface area contributed by atoms with E-state index in [2.05, 4.69) is 46.3 Å². The van der Waals surface area contributed by atoms with Gasteiger partial charge in [-0.1, -0.05) is 0 Å². The van der Waals surface area contributed by atoms with Crippen molar-refractivity contribution in [2.75, 3.05) is 18.0 Å². The second-order valence-electron chi connectivity index (χ2n) is 8.45. The molecule has 30 heavy (non-hydrogen) atoms. The molecule has 5 rings (SSSR count). The highest BCUT2D eigenvalue weighted by Gasteiger charge is 2.21. The number of phenolic OH excluding ortho intramolecular Hbond substituents is 1. The van der Waals surface area contributed by atoms with Crippen molar-refractivity contribution in [3.63, 3.8) is 0 Å². The first-order valence-corrected chi connectivity index (χ1v) is 10.3. The number of benzene rings is 2. The summed E-state index contributed by atoms with van der Waals surface area (Å²) in [6.45, 7) is 8.26. The lowest BCUT2D eigenvalue weighted by atomic mass is 10.0. The van der Waals surface area contributed by atoms with Crippen LogP contribution in [0.25, 0.3) is 33.2 Å². The van der Waals surface area contributed by atoms with E-state index in [1.807, 2.05) is 38.5 Å². The third kappa shape index (κ3) is 3.15. The van der Waals surface area contributed by atoms with Crippen LogP contribution in [-0.2, 0) is 7.05 Å². The molecule has 3 heterocycles. The third-order valence-corrected chi connectivity index (χ3v) is 5.85. The highest BCUT2D eigenvalue weighted by Crippen LogP contribution is 2.36. The van der Waals surface area contributed by atoms with E-state index in [1.165, 1.54) is 5.69 Å². The smallest absolute Gasteiger partial charge is 0.163 e. The largest absolute Gasteiger partial charge is 0.507 e. The number of nitrogens with one attached hydrogen (secondary N) is 1. The van der Waals surface area contributed by atoms with Crippen molar-refractivity contribution in [1.82, 2.24) is 25.1 Å². The van der Waals surface area contributed by atoms with Gasteiger partial charge in [-0.3, -0.25) is 4.68 Å². The molecule has 2 aromatic heterocycles. The van der Waals surface area contributed by atoms with Gasteiger partial charge in [0.1, 0.15) is 5.75 Å². The first kappa shape index (κ1) is 18.8. The number of anilines is 1. The molecule has 1 saturated heterocycles. The Hall–Kier alpha value is -3.19. The van der Waals surface area contributed by atoms with Crippen molar-refractivity contribution in [3.8, 4) is 17.1 Å². The predicted octanol–water partition coefficient (Wildman–Crippen LogP) is 3.38. The van der Waals surface area contributed by atoms with E-state index >= 15 is 0 Å². The molecule has 7 nitrogen and oxygen atoms in total. The minimum absolute atomic E-state index is 0.181. The summed E-state index contributed by atoms with van der Waals surface area (Å²) < 4.78 is 1.75. The molecule has 1 aliphatic heterocycles. The molecule has 2 atom stereocenters. The van der Waals surface area contributed by atoms with Crippen LogP contribution in [0.4, 0.5) is 5.69 Å². The molecule has 7 heteroatoms. The lowest BCUT2D eigenvalue weighted by Crippen LogP contribution is -2.54. The molecular formula is C23H26N6O. The quantitative estimate of drug-likeness (QED) is 0.535. The Bertz CT molecular complexity index is 1250. The van der Waals surface area contributed by atoms with Crippen molar-refractivity contribution in [2.45, 2.75) is 32.9 Å². The highest BCUT2D eigenvalue weighted by atomic mass is 16.3. The predicted molar refractivity (Wildman–Crippen MR) is 120 cm³/mol. The number of hydrogen-bond donors (Lipinski definition) is 2. The Kier molecular flexibility index (Phi) is 4.36. The summed E-state index contributed by atoms with van der Waals surface area (Å²) in [5.74, 6) is 0.701. The zero-order chi connectivity index (χ0) is 21.0. The number of piperazine rings is 1. The lowest BCUT2D eigenvalue weighted by Gasteiger charge is -2.37. The molecular weight excluding hydrogens is 376 g/mol. The second-order valence-corrected chi connectivity index (χ2v) is 8.45. The number of aryl methyl sites for hydroxylation is 2. The van der Waals surface area contributed by atoms with E-state index in [0.29, 0.717) is 23.5 Å². The van der Waals surface area contributed by atoms with Gasteiger partial charge in [-0.05, 0) is 45.0 Å². The van der Waals surface area contributed by atoms with Crippen molar-refractivity contribution >= 4 is 27.5 Å². The standard InChI is InChI=1S/C23H26N6O/c1-13-10-29(11-14(2)25-13)18-5-6-20-16(7-18)9-24-23(26-20)19-8-17-12-28(4)27-21(17)15(3)22(19)30/h5-9,12-14,25,30H,10-11H2,1-4H3. The molecule has 1 aliphatic rings. The van der Waals surface area contributed by atoms with Crippen LogP contribution in [0.2, 0.25) is 0 Å². The Morgan fingerprint density at radius 2 is 1.87 bits per heavy atom. The van der Waals surface area contributed by atoms with Crippen molar-refractivity contribution in [1.29, 1.82) is 0 Å². The first-order valence-electron chi connectivity index (χ1n) is 10.3. The Morgan fingerprint density at radius 1 is 1.10 bits per heavy atom. The van der Waals surface area contributed by atoms with Gasteiger partial charge in [-0.15, -0.1) is 0 Å². The molecule has 0 aliphatic carbocycles. The van der Waals surface area contributed by atoms with Crippen LogP contribution in [0.1, 0.15) is 19.4 Å². The number of fused-ring (bicyclic) bond motifs is 2. The summed E-state index contributed by atoms with van der Waals surface area (Å²) in [7, 11) is 1.88. The van der Waals surface area contributed by atoms with Crippen molar-refractivity contribution in [2.24, 2.45) is 7.05 Å². The monoisotopic (exact) mass is 402 g/mol. The van der Waals surface area contributed by atoms with Crippen LogP contribution in [0.5, 0.6) is 5.75 Å². The van der Waals surface area contributed by atoms with Gasteiger partial charge < -0.3 is 15.3 Å². The van der Waals surface area contributed by atoms with Crippen LogP contribution in [0.3, 0.4) is 0 Å². The van der Waals surface area contributed by atoms with Crippen LogP contribution in [0.15, 0.2) is 36.7 Å². The zero-order valence-electron chi connectivity index (χ0n) is 17.7. The van der Waals surface area contributed by atoms with Gasteiger partial charge in [-0.25, -0.2) is 9.97 Å². The normalized spacial score (nSPS) is 19.7.